The van der Waals surface area contributed by atoms with Crippen LogP contribution in [0.1, 0.15) is 20.8 Å². The predicted octanol–water partition coefficient (Wildman–Crippen LogP) is 2.51. The molecule has 2 N–H and O–H groups in total. The van der Waals surface area contributed by atoms with Crippen LogP contribution in [0.25, 0.3) is 0 Å². The highest BCUT2D eigenvalue weighted by Gasteiger charge is 2.12. The number of nitrogens with zero attached hydrogens (tertiary/aromatic N) is 1. The Morgan fingerprint density at radius 2 is 2.14 bits per heavy atom. The van der Waals surface area contributed by atoms with E-state index in [0.717, 1.165) is 10.4 Å². The molecule has 0 fully saturated rings. The topological polar surface area (TPSA) is 71.1 Å². The molecule has 0 aliphatic rings. The largest absolute Gasteiger partial charge is 0.348 e. The third-order valence-electron chi connectivity index (χ3n) is 2.74. The van der Waals surface area contributed by atoms with E-state index in [2.05, 4.69) is 22.2 Å². The number of rotatable bonds is 5. The number of carbonyl (C=O) groups is 2. The number of benzene rings is 1. The predicted molar refractivity (Wildman–Crippen MR) is 83.3 cm³/mol. The van der Waals surface area contributed by atoms with Crippen LogP contribution >= 0.6 is 11.3 Å². The van der Waals surface area contributed by atoms with Crippen molar-refractivity contribution in [1.82, 2.24) is 10.3 Å². The molecule has 2 aromatic rings. The zero-order valence-electron chi connectivity index (χ0n) is 11.6. The van der Waals surface area contributed by atoms with Crippen molar-refractivity contribution in [2.45, 2.75) is 13.5 Å². The maximum atomic E-state index is 12.3. The van der Waals surface area contributed by atoms with Crippen LogP contribution in [-0.4, -0.2) is 16.8 Å². The van der Waals surface area contributed by atoms with Crippen LogP contribution in [0.3, 0.4) is 0 Å². The first-order valence-corrected chi connectivity index (χ1v) is 7.13. The molecule has 1 aromatic heterocycles. The van der Waals surface area contributed by atoms with Gasteiger partial charge in [0.2, 0.25) is 5.91 Å². The lowest BCUT2D eigenvalue weighted by Crippen LogP contribution is -2.22. The summed E-state index contributed by atoms with van der Waals surface area (Å²) < 4.78 is 0. The van der Waals surface area contributed by atoms with Crippen LogP contribution in [-0.2, 0) is 11.3 Å². The molecule has 108 valence electrons. The third-order valence-corrected chi connectivity index (χ3v) is 3.57. The molecule has 0 aliphatic carbocycles. The van der Waals surface area contributed by atoms with Gasteiger partial charge in [-0.1, -0.05) is 24.8 Å². The molecule has 0 unspecified atom stereocenters. The number of thiazole rings is 1. The van der Waals surface area contributed by atoms with Crippen molar-refractivity contribution < 1.29 is 9.59 Å². The molecule has 2 rings (SSSR count). The standard InChI is InChI=1S/C15H15N3O2S/c1-3-13(19)16-9-11-6-4-5-7-12(11)14(20)18-15-17-8-10(2)21-15/h3-8H,1,9H2,2H3,(H,16,19)(H,17,18,20). The fourth-order valence-corrected chi connectivity index (χ4v) is 2.39. The van der Waals surface area contributed by atoms with E-state index in [1.54, 1.807) is 24.4 Å². The van der Waals surface area contributed by atoms with Crippen LogP contribution in [0.2, 0.25) is 0 Å². The third kappa shape index (κ3) is 4.00. The lowest BCUT2D eigenvalue weighted by Gasteiger charge is -2.09. The molecule has 0 atom stereocenters. The molecule has 1 heterocycles. The van der Waals surface area contributed by atoms with Crippen molar-refractivity contribution in [1.29, 1.82) is 0 Å². The Bertz CT molecular complexity index is 679. The Morgan fingerprint density at radius 3 is 2.81 bits per heavy atom. The molecule has 5 nitrogen and oxygen atoms in total. The van der Waals surface area contributed by atoms with Crippen molar-refractivity contribution >= 4 is 28.3 Å². The van der Waals surface area contributed by atoms with Crippen LogP contribution in [0.5, 0.6) is 0 Å². The van der Waals surface area contributed by atoms with Gasteiger partial charge in [-0.05, 0) is 24.6 Å². The van der Waals surface area contributed by atoms with Gasteiger partial charge in [-0.2, -0.15) is 0 Å². The van der Waals surface area contributed by atoms with Gasteiger partial charge in [0.1, 0.15) is 0 Å². The van der Waals surface area contributed by atoms with Crippen molar-refractivity contribution in [3.8, 4) is 0 Å². The van der Waals surface area contributed by atoms with Crippen molar-refractivity contribution in [3.63, 3.8) is 0 Å². The number of anilines is 1. The van der Waals surface area contributed by atoms with E-state index in [9.17, 15) is 9.59 Å². The van der Waals surface area contributed by atoms with Gasteiger partial charge in [0.25, 0.3) is 5.91 Å². The Kier molecular flexibility index (Phi) is 4.84. The maximum absolute atomic E-state index is 12.3. The lowest BCUT2D eigenvalue weighted by atomic mass is 10.1. The average molecular weight is 301 g/mol. The van der Waals surface area contributed by atoms with E-state index in [1.165, 1.54) is 17.4 Å². The molecule has 0 spiro atoms. The molecule has 0 aliphatic heterocycles. The minimum atomic E-state index is -0.277. The maximum Gasteiger partial charge on any atom is 0.257 e. The highest BCUT2D eigenvalue weighted by Crippen LogP contribution is 2.18. The van der Waals surface area contributed by atoms with Gasteiger partial charge in [-0.15, -0.1) is 11.3 Å². The van der Waals surface area contributed by atoms with E-state index in [0.29, 0.717) is 10.7 Å². The summed E-state index contributed by atoms with van der Waals surface area (Å²) in [4.78, 5) is 28.6. The van der Waals surface area contributed by atoms with E-state index < -0.39 is 0 Å². The molecule has 1 aromatic carbocycles. The Labute approximate surface area is 126 Å². The summed E-state index contributed by atoms with van der Waals surface area (Å²) >= 11 is 1.41. The second-order valence-corrected chi connectivity index (χ2v) is 5.54. The highest BCUT2D eigenvalue weighted by molar-refractivity contribution is 7.15. The second-order valence-electron chi connectivity index (χ2n) is 4.31. The fraction of sp³-hybridized carbons (Fsp3) is 0.133. The Balaban J connectivity index is 2.13. The molecule has 0 radical (unpaired) electrons. The van der Waals surface area contributed by atoms with E-state index in [-0.39, 0.29) is 18.4 Å². The first-order chi connectivity index (χ1) is 10.1. The number of hydrogen-bond acceptors (Lipinski definition) is 4. The van der Waals surface area contributed by atoms with Gasteiger partial charge in [0.15, 0.2) is 5.13 Å². The minimum absolute atomic E-state index is 0.243. The monoisotopic (exact) mass is 301 g/mol. The summed E-state index contributed by atoms with van der Waals surface area (Å²) in [6.45, 7) is 5.58. The van der Waals surface area contributed by atoms with Crippen molar-refractivity contribution in [3.05, 3.63) is 59.1 Å². The summed E-state index contributed by atoms with van der Waals surface area (Å²) in [6.07, 6.45) is 2.90. The smallest absolute Gasteiger partial charge is 0.257 e. The zero-order valence-corrected chi connectivity index (χ0v) is 12.4. The molecule has 0 saturated heterocycles. The Morgan fingerprint density at radius 1 is 1.38 bits per heavy atom. The number of amides is 2. The minimum Gasteiger partial charge on any atom is -0.348 e. The van der Waals surface area contributed by atoms with E-state index >= 15 is 0 Å². The summed E-state index contributed by atoms with van der Waals surface area (Å²) in [5.41, 5.74) is 1.24. The number of aryl methyl sites for hydroxylation is 1. The summed E-state index contributed by atoms with van der Waals surface area (Å²) in [7, 11) is 0. The van der Waals surface area contributed by atoms with Gasteiger partial charge in [0.05, 0.1) is 0 Å². The number of nitrogens with one attached hydrogen (secondary N) is 2. The number of aromatic nitrogens is 1. The molecule has 0 saturated carbocycles. The van der Waals surface area contributed by atoms with Gasteiger partial charge < -0.3 is 5.32 Å². The zero-order chi connectivity index (χ0) is 15.2. The number of hydrogen-bond donors (Lipinski definition) is 2. The summed E-state index contributed by atoms with van der Waals surface area (Å²) in [5.74, 6) is -0.520. The van der Waals surface area contributed by atoms with Gasteiger partial charge in [-0.3, -0.25) is 14.9 Å². The lowest BCUT2D eigenvalue weighted by molar-refractivity contribution is -0.116. The first kappa shape index (κ1) is 14.9. The number of carbonyl (C=O) groups excluding carboxylic acids is 2. The molecule has 2 amide bonds. The fourth-order valence-electron chi connectivity index (χ4n) is 1.73. The molecular formula is C15H15N3O2S. The molecular weight excluding hydrogens is 286 g/mol. The quantitative estimate of drug-likeness (QED) is 0.834. The van der Waals surface area contributed by atoms with Crippen molar-refractivity contribution in [2.24, 2.45) is 0 Å². The van der Waals surface area contributed by atoms with Crippen molar-refractivity contribution in [2.75, 3.05) is 5.32 Å². The second kappa shape index (κ2) is 6.81. The van der Waals surface area contributed by atoms with Crippen LogP contribution in [0.15, 0.2) is 43.1 Å². The first-order valence-electron chi connectivity index (χ1n) is 6.32. The van der Waals surface area contributed by atoms with Crippen LogP contribution in [0, 0.1) is 6.92 Å². The average Bonchev–Trinajstić information content (AvgIpc) is 2.90. The normalized spacial score (nSPS) is 9.95. The van der Waals surface area contributed by atoms with Gasteiger partial charge >= 0.3 is 0 Å². The van der Waals surface area contributed by atoms with Crippen LogP contribution in [0.4, 0.5) is 5.13 Å². The van der Waals surface area contributed by atoms with Crippen LogP contribution < -0.4 is 10.6 Å². The summed E-state index contributed by atoms with van der Waals surface area (Å²) in [5, 5.41) is 5.98. The molecule has 21 heavy (non-hydrogen) atoms. The van der Waals surface area contributed by atoms with E-state index in [1.807, 2.05) is 13.0 Å². The van der Waals surface area contributed by atoms with E-state index in [4.69, 9.17) is 0 Å². The Hall–Kier alpha value is -2.47. The summed E-state index contributed by atoms with van der Waals surface area (Å²) in [6, 6.07) is 7.11. The highest BCUT2D eigenvalue weighted by atomic mass is 32.1. The van der Waals surface area contributed by atoms with Gasteiger partial charge in [-0.25, -0.2) is 4.98 Å². The molecule has 6 heteroatoms. The van der Waals surface area contributed by atoms with Gasteiger partial charge in [0, 0.05) is 23.2 Å². The SMILES string of the molecule is C=CC(=O)NCc1ccccc1C(=O)Nc1ncc(C)s1. The molecule has 0 bridgehead atoms.